The van der Waals surface area contributed by atoms with Crippen molar-refractivity contribution in [2.45, 2.75) is 88.3 Å². The van der Waals surface area contributed by atoms with Gasteiger partial charge in [-0.05, 0) is 6.92 Å². The highest BCUT2D eigenvalue weighted by atomic mass is 16.7. The van der Waals surface area contributed by atoms with Crippen molar-refractivity contribution in [3.05, 3.63) is 0 Å². The van der Waals surface area contributed by atoms with Crippen molar-refractivity contribution in [1.29, 1.82) is 0 Å². The SMILES string of the molecule is CC(=O)C[C@@H]1OC(CO)[C@@H](O[C@@H]2OC(CO)[C@@H](O)[C@H](O)C2NC(C)=O)[C@H](O)C1NC(C)=O. The van der Waals surface area contributed by atoms with Crippen molar-refractivity contribution in [1.82, 2.24) is 10.6 Å². The van der Waals surface area contributed by atoms with Gasteiger partial charge < -0.3 is 50.4 Å². The van der Waals surface area contributed by atoms with Crippen LogP contribution in [0.3, 0.4) is 0 Å². The van der Waals surface area contributed by atoms with Crippen LogP contribution in [0.2, 0.25) is 0 Å². The van der Waals surface area contributed by atoms with Crippen LogP contribution in [0.15, 0.2) is 0 Å². The van der Waals surface area contributed by atoms with E-state index in [1.54, 1.807) is 0 Å². The predicted octanol–water partition coefficient (Wildman–Crippen LogP) is -4.08. The van der Waals surface area contributed by atoms with E-state index in [0.29, 0.717) is 0 Å². The fraction of sp³-hybridized carbons (Fsp3) is 0.842. The van der Waals surface area contributed by atoms with Crippen molar-refractivity contribution >= 4 is 17.6 Å². The minimum Gasteiger partial charge on any atom is -0.394 e. The van der Waals surface area contributed by atoms with Gasteiger partial charge in [-0.1, -0.05) is 0 Å². The number of rotatable bonds is 8. The van der Waals surface area contributed by atoms with Gasteiger partial charge in [0.15, 0.2) is 6.29 Å². The van der Waals surface area contributed by atoms with E-state index in [1.807, 2.05) is 0 Å². The van der Waals surface area contributed by atoms with E-state index in [4.69, 9.17) is 14.2 Å². The summed E-state index contributed by atoms with van der Waals surface area (Å²) in [6, 6.07) is -2.36. The smallest absolute Gasteiger partial charge is 0.217 e. The minimum atomic E-state index is -1.58. The molecular weight excluding hydrogens is 432 g/mol. The van der Waals surface area contributed by atoms with Crippen molar-refractivity contribution in [3.8, 4) is 0 Å². The van der Waals surface area contributed by atoms with Gasteiger partial charge in [-0.2, -0.15) is 0 Å². The zero-order valence-corrected chi connectivity index (χ0v) is 18.1. The molecule has 13 nitrogen and oxygen atoms in total. The zero-order chi connectivity index (χ0) is 24.2. The lowest BCUT2D eigenvalue weighted by molar-refractivity contribution is -0.314. The van der Waals surface area contributed by atoms with Gasteiger partial charge in [0.25, 0.3) is 0 Å². The van der Waals surface area contributed by atoms with Crippen molar-refractivity contribution in [2.24, 2.45) is 0 Å². The van der Waals surface area contributed by atoms with E-state index >= 15 is 0 Å². The highest BCUT2D eigenvalue weighted by molar-refractivity contribution is 5.77. The summed E-state index contributed by atoms with van der Waals surface area (Å²) >= 11 is 0. The number of amides is 2. The van der Waals surface area contributed by atoms with Crippen LogP contribution in [-0.4, -0.2) is 117 Å². The number of Topliss-reactive ketones (excluding diaryl/α,β-unsaturated/α-hetero) is 1. The molecule has 4 unspecified atom stereocenters. The van der Waals surface area contributed by atoms with Gasteiger partial charge in [-0.25, -0.2) is 0 Å². The molecule has 184 valence electrons. The normalized spacial score (nSPS) is 39.9. The maximum Gasteiger partial charge on any atom is 0.217 e. The van der Waals surface area contributed by atoms with Crippen LogP contribution in [0.1, 0.15) is 27.2 Å². The van der Waals surface area contributed by atoms with Gasteiger partial charge in [0.05, 0.1) is 25.4 Å². The Morgan fingerprint density at radius 1 is 0.781 bits per heavy atom. The second-order valence-electron chi connectivity index (χ2n) is 8.05. The average molecular weight is 464 g/mol. The Hall–Kier alpha value is -1.71. The van der Waals surface area contributed by atoms with Gasteiger partial charge in [0.2, 0.25) is 11.8 Å². The lowest BCUT2D eigenvalue weighted by Crippen LogP contribution is -2.69. The summed E-state index contributed by atoms with van der Waals surface area (Å²) in [5.74, 6) is -1.34. The third kappa shape index (κ3) is 6.20. The fourth-order valence-corrected chi connectivity index (χ4v) is 3.96. The van der Waals surface area contributed by atoms with Crippen LogP contribution in [0.25, 0.3) is 0 Å². The Morgan fingerprint density at radius 2 is 1.34 bits per heavy atom. The first-order valence-corrected chi connectivity index (χ1v) is 10.3. The summed E-state index contributed by atoms with van der Waals surface area (Å²) in [6.07, 6.45) is -10.9. The van der Waals surface area contributed by atoms with E-state index in [0.717, 1.165) is 0 Å². The number of ketones is 1. The number of carbonyl (C=O) groups is 3. The molecule has 2 amide bonds. The standard InChI is InChI=1S/C19H32N2O11/c1-7(24)4-10-13(20-8(2)25)17(29)18(12(6-23)30-10)32-19-14(21-9(3)26)16(28)15(27)11(5-22)31-19/h10-19,22-23,27-29H,4-6H2,1-3H3,(H,20,25)(H,21,26)/t10-,11?,12?,13?,14?,15+,16+,17+,18+,19-/m0/s1. The molecule has 2 aliphatic heterocycles. The molecule has 2 rings (SSSR count). The molecule has 2 aliphatic rings. The predicted molar refractivity (Wildman–Crippen MR) is 105 cm³/mol. The molecule has 0 aromatic carbocycles. The maximum atomic E-state index is 11.7. The molecule has 0 spiro atoms. The van der Waals surface area contributed by atoms with Crippen LogP contribution in [0, 0.1) is 0 Å². The summed E-state index contributed by atoms with van der Waals surface area (Å²) in [7, 11) is 0. The number of nitrogens with one attached hydrogen (secondary N) is 2. The van der Waals surface area contributed by atoms with E-state index in [2.05, 4.69) is 10.6 Å². The Bertz CT molecular complexity index is 678. The number of carbonyl (C=O) groups excluding carboxylic acids is 3. The molecule has 2 fully saturated rings. The minimum absolute atomic E-state index is 0.142. The summed E-state index contributed by atoms with van der Waals surface area (Å²) in [5, 5.41) is 55.6. The summed E-state index contributed by atoms with van der Waals surface area (Å²) in [6.45, 7) is 2.39. The fourth-order valence-electron chi connectivity index (χ4n) is 3.96. The molecule has 0 saturated carbocycles. The average Bonchev–Trinajstić information content (AvgIpc) is 2.70. The van der Waals surface area contributed by atoms with Crippen LogP contribution in [0.5, 0.6) is 0 Å². The topological polar surface area (TPSA) is 204 Å². The maximum absolute atomic E-state index is 11.7. The molecular formula is C19H32N2O11. The zero-order valence-electron chi connectivity index (χ0n) is 18.1. The molecule has 2 heterocycles. The first kappa shape index (κ1) is 26.5. The summed E-state index contributed by atoms with van der Waals surface area (Å²) in [5.41, 5.74) is 0. The third-order valence-electron chi connectivity index (χ3n) is 5.40. The first-order valence-electron chi connectivity index (χ1n) is 10.3. The van der Waals surface area contributed by atoms with Crippen molar-refractivity contribution in [2.75, 3.05) is 13.2 Å². The van der Waals surface area contributed by atoms with E-state index < -0.39 is 86.1 Å². The lowest BCUT2D eigenvalue weighted by Gasteiger charge is -2.48. The van der Waals surface area contributed by atoms with Gasteiger partial charge >= 0.3 is 0 Å². The molecule has 7 N–H and O–H groups in total. The number of aliphatic hydroxyl groups is 5. The van der Waals surface area contributed by atoms with Gasteiger partial charge in [-0.15, -0.1) is 0 Å². The molecule has 0 bridgehead atoms. The van der Waals surface area contributed by atoms with Crippen LogP contribution in [-0.2, 0) is 28.6 Å². The molecule has 13 heteroatoms. The van der Waals surface area contributed by atoms with Gasteiger partial charge in [0.1, 0.15) is 48.4 Å². The highest BCUT2D eigenvalue weighted by Gasteiger charge is 2.51. The summed E-state index contributed by atoms with van der Waals surface area (Å²) < 4.78 is 17.0. The molecule has 2 saturated heterocycles. The number of ether oxygens (including phenoxy) is 3. The molecule has 0 aromatic rings. The monoisotopic (exact) mass is 464 g/mol. The Kier molecular flexibility index (Phi) is 9.48. The number of aliphatic hydroxyl groups excluding tert-OH is 5. The molecule has 0 radical (unpaired) electrons. The molecule has 0 aliphatic carbocycles. The molecule has 10 atom stereocenters. The van der Waals surface area contributed by atoms with Gasteiger partial charge in [-0.3, -0.25) is 14.4 Å². The molecule has 0 aromatic heterocycles. The quantitative estimate of drug-likeness (QED) is 0.184. The molecule has 32 heavy (non-hydrogen) atoms. The van der Waals surface area contributed by atoms with Crippen molar-refractivity contribution < 1.29 is 54.1 Å². The van der Waals surface area contributed by atoms with E-state index in [-0.39, 0.29) is 12.2 Å². The van der Waals surface area contributed by atoms with Gasteiger partial charge in [0, 0.05) is 20.3 Å². The van der Waals surface area contributed by atoms with Crippen molar-refractivity contribution in [3.63, 3.8) is 0 Å². The first-order chi connectivity index (χ1) is 15.0. The Labute approximate surface area is 184 Å². The second kappa shape index (κ2) is 11.4. The second-order valence-corrected chi connectivity index (χ2v) is 8.05. The van der Waals surface area contributed by atoms with E-state index in [9.17, 15) is 39.9 Å². The number of hydrogen-bond donors (Lipinski definition) is 7. The Balaban J connectivity index is 2.32. The Morgan fingerprint density at radius 3 is 1.84 bits per heavy atom. The van der Waals surface area contributed by atoms with Crippen LogP contribution < -0.4 is 10.6 Å². The number of hydrogen-bond acceptors (Lipinski definition) is 11. The highest BCUT2D eigenvalue weighted by Crippen LogP contribution is 2.30. The van der Waals surface area contributed by atoms with Crippen LogP contribution >= 0.6 is 0 Å². The summed E-state index contributed by atoms with van der Waals surface area (Å²) in [4.78, 5) is 34.9. The third-order valence-corrected chi connectivity index (χ3v) is 5.40. The lowest BCUT2D eigenvalue weighted by atomic mass is 9.89. The van der Waals surface area contributed by atoms with Crippen LogP contribution in [0.4, 0.5) is 0 Å². The largest absolute Gasteiger partial charge is 0.394 e. The van der Waals surface area contributed by atoms with E-state index in [1.165, 1.54) is 20.8 Å².